The van der Waals surface area contributed by atoms with Gasteiger partial charge in [0.25, 0.3) is 0 Å². The summed E-state index contributed by atoms with van der Waals surface area (Å²) in [6.07, 6.45) is 4.65. The number of ketones is 1. The summed E-state index contributed by atoms with van der Waals surface area (Å²) in [4.78, 5) is 31.4. The number of rotatable bonds is 2. The second kappa shape index (κ2) is 8.89. The van der Waals surface area contributed by atoms with Crippen molar-refractivity contribution in [2.45, 2.75) is 141 Å². The molecule has 3 heterocycles. The van der Waals surface area contributed by atoms with Crippen LogP contribution in [0.5, 0.6) is 0 Å². The molecule has 2 aliphatic heterocycles. The van der Waals surface area contributed by atoms with Crippen LogP contribution < -0.4 is 0 Å². The number of hydrogen-bond acceptors (Lipinski definition) is 6. The molecule has 7 heteroatoms. The van der Waals surface area contributed by atoms with E-state index in [1.165, 1.54) is 22.2 Å². The van der Waals surface area contributed by atoms with Gasteiger partial charge in [-0.2, -0.15) is 0 Å². The van der Waals surface area contributed by atoms with Crippen LogP contribution >= 0.6 is 0 Å². The molecule has 10 atom stereocenters. The number of aromatic amines is 1. The van der Waals surface area contributed by atoms with Crippen molar-refractivity contribution in [2.24, 2.45) is 34.5 Å². The van der Waals surface area contributed by atoms with Gasteiger partial charge >= 0.3 is 0 Å². The molecule has 2 aromatic rings. The van der Waals surface area contributed by atoms with Crippen LogP contribution in [-0.2, 0) is 32.5 Å². The molecule has 0 amide bonds. The van der Waals surface area contributed by atoms with Crippen LogP contribution in [0, 0.1) is 34.5 Å². The van der Waals surface area contributed by atoms with Gasteiger partial charge in [0.05, 0.1) is 46.4 Å². The number of aromatic nitrogens is 1. The van der Waals surface area contributed by atoms with E-state index in [9.17, 15) is 19.8 Å². The second-order valence-corrected chi connectivity index (χ2v) is 17.8. The van der Waals surface area contributed by atoms with Crippen LogP contribution in [0.25, 0.3) is 10.9 Å². The van der Waals surface area contributed by atoms with E-state index >= 15 is 0 Å². The first kappa shape index (κ1) is 30.3. The summed E-state index contributed by atoms with van der Waals surface area (Å²) in [6, 6.07) is 4.15. The van der Waals surface area contributed by atoms with Crippen LogP contribution in [0.15, 0.2) is 12.1 Å². The molecule has 0 bridgehead atoms. The van der Waals surface area contributed by atoms with Gasteiger partial charge < -0.3 is 29.5 Å². The summed E-state index contributed by atoms with van der Waals surface area (Å²) < 4.78 is 13.1. The summed E-state index contributed by atoms with van der Waals surface area (Å²) in [7, 11) is 0. The molecule has 1 aromatic carbocycles. The van der Waals surface area contributed by atoms with E-state index in [1.54, 1.807) is 13.8 Å². The van der Waals surface area contributed by atoms with Gasteiger partial charge in [0.15, 0.2) is 5.78 Å². The Morgan fingerprint density at radius 3 is 2.42 bits per heavy atom. The van der Waals surface area contributed by atoms with Crippen LogP contribution in [0.4, 0.5) is 0 Å². The zero-order chi connectivity index (χ0) is 32.3. The fourth-order valence-corrected chi connectivity index (χ4v) is 12.4. The third-order valence-corrected chi connectivity index (χ3v) is 14.7. The molecule has 4 fully saturated rings. The van der Waals surface area contributed by atoms with E-state index in [0.717, 1.165) is 49.5 Å². The van der Waals surface area contributed by atoms with E-state index in [4.69, 9.17) is 9.47 Å². The van der Waals surface area contributed by atoms with E-state index in [0.29, 0.717) is 12.3 Å². The number of fused-ring (bicyclic) bond motifs is 12. The van der Waals surface area contributed by atoms with E-state index in [1.807, 2.05) is 6.07 Å². The van der Waals surface area contributed by atoms with E-state index in [-0.39, 0.29) is 40.8 Å². The van der Waals surface area contributed by atoms with Crippen molar-refractivity contribution in [3.63, 3.8) is 0 Å². The Kier molecular flexibility index (Phi) is 5.98. The van der Waals surface area contributed by atoms with Crippen molar-refractivity contribution in [2.75, 3.05) is 0 Å². The summed E-state index contributed by atoms with van der Waals surface area (Å²) in [5.74, 6) is 0.535. The lowest BCUT2D eigenvalue weighted by Crippen LogP contribution is -2.70. The van der Waals surface area contributed by atoms with Crippen molar-refractivity contribution in [3.05, 3.63) is 34.5 Å². The minimum Gasteiger partial charge on any atom is -0.392 e. The topological polar surface area (TPSA) is 109 Å². The van der Waals surface area contributed by atoms with Crippen LogP contribution in [0.2, 0.25) is 0 Å². The lowest BCUT2D eigenvalue weighted by Gasteiger charge is -2.67. The van der Waals surface area contributed by atoms with Crippen molar-refractivity contribution in [3.8, 4) is 0 Å². The Labute approximate surface area is 266 Å². The number of nitrogens with one attached hydrogen (secondary N) is 1. The monoisotopic (exact) mass is 617 g/mol. The number of carbonyl (C=O) groups is 2. The Morgan fingerprint density at radius 2 is 1.73 bits per heavy atom. The molecule has 8 rings (SSSR count). The zero-order valence-electron chi connectivity index (χ0n) is 28.3. The molecule has 2 saturated heterocycles. The Hall–Kier alpha value is -2.06. The number of carbonyl (C=O) groups excluding carboxylic acids is 2. The average Bonchev–Trinajstić information content (AvgIpc) is 3.52. The van der Waals surface area contributed by atoms with Crippen molar-refractivity contribution in [1.29, 1.82) is 0 Å². The summed E-state index contributed by atoms with van der Waals surface area (Å²) >= 11 is 0. The first-order valence-electron chi connectivity index (χ1n) is 17.4. The minimum absolute atomic E-state index is 0.0486. The van der Waals surface area contributed by atoms with Gasteiger partial charge in [-0.1, -0.05) is 13.8 Å². The molecule has 0 radical (unpaired) electrons. The highest BCUT2D eigenvalue weighted by molar-refractivity contribution is 6.06. The summed E-state index contributed by atoms with van der Waals surface area (Å²) in [5.41, 5.74) is 2.27. The maximum atomic E-state index is 14.2. The van der Waals surface area contributed by atoms with Crippen molar-refractivity contribution >= 4 is 23.0 Å². The maximum Gasteiger partial charge on any atom is 0.169 e. The van der Waals surface area contributed by atoms with Crippen molar-refractivity contribution < 1.29 is 29.3 Å². The smallest absolute Gasteiger partial charge is 0.169 e. The van der Waals surface area contributed by atoms with Crippen molar-refractivity contribution in [1.82, 2.24) is 4.98 Å². The Bertz CT molecular complexity index is 1630. The predicted octanol–water partition coefficient (Wildman–Crippen LogP) is 5.84. The van der Waals surface area contributed by atoms with Crippen LogP contribution in [0.1, 0.15) is 115 Å². The molecule has 3 N–H and O–H groups in total. The van der Waals surface area contributed by atoms with Crippen LogP contribution in [0.3, 0.4) is 0 Å². The molecular formula is C38H51NO6. The highest BCUT2D eigenvalue weighted by Crippen LogP contribution is 2.71. The summed E-state index contributed by atoms with van der Waals surface area (Å²) in [5, 5.41) is 23.8. The fraction of sp³-hybridized carbons (Fsp3) is 0.737. The molecule has 45 heavy (non-hydrogen) atoms. The molecule has 1 aromatic heterocycles. The predicted molar refractivity (Wildman–Crippen MR) is 171 cm³/mol. The number of aliphatic hydroxyl groups excluding tert-OH is 1. The average molecular weight is 618 g/mol. The first-order valence-corrected chi connectivity index (χ1v) is 17.4. The van der Waals surface area contributed by atoms with Gasteiger partial charge in [-0.25, -0.2) is 0 Å². The minimum atomic E-state index is -1.10. The summed E-state index contributed by atoms with van der Waals surface area (Å²) in [6.45, 7) is 16.6. The molecule has 2 saturated carbocycles. The molecule has 0 spiro atoms. The third-order valence-electron chi connectivity index (χ3n) is 14.7. The van der Waals surface area contributed by atoms with E-state index < -0.39 is 40.5 Å². The van der Waals surface area contributed by atoms with E-state index in [2.05, 4.69) is 52.6 Å². The lowest BCUT2D eigenvalue weighted by atomic mass is 9.39. The normalized spacial score (nSPS) is 44.4. The molecule has 7 nitrogen and oxygen atoms in total. The number of H-pyrrole nitrogens is 1. The second-order valence-electron chi connectivity index (χ2n) is 17.8. The molecule has 244 valence electrons. The molecule has 6 aliphatic rings. The highest BCUT2D eigenvalue weighted by atomic mass is 16.5. The van der Waals surface area contributed by atoms with Gasteiger partial charge in [0, 0.05) is 39.9 Å². The fourth-order valence-electron chi connectivity index (χ4n) is 12.4. The largest absolute Gasteiger partial charge is 0.392 e. The number of benzene rings is 1. The number of Topliss-reactive ketones (excluding diaryl/α,β-unsaturated/α-hetero) is 1. The zero-order valence-corrected chi connectivity index (χ0v) is 28.3. The van der Waals surface area contributed by atoms with Gasteiger partial charge in [0.2, 0.25) is 0 Å². The molecule has 3 unspecified atom stereocenters. The standard InChI is InChI=1S/C38H51NO6/c1-33(2,43)28-17-26(41)38(18-40)25-12-9-19-15-22-29-21-16-23-30(35(5,6)45-34(23,3)4)31(42)20(21)10-11-24(29)39-32(22)37(19,8)36(25,7)14-13-27(38)44-28/h10-11,18-19,23,25-28,30,39,41,43H,9,12-17H2,1-8H3/t19?,23-,25?,26-,27?,28+,30+,36+,37-,38-/m1/s1. The molecular weight excluding hydrogens is 566 g/mol. The Morgan fingerprint density at radius 1 is 1.00 bits per heavy atom. The van der Waals surface area contributed by atoms with Crippen LogP contribution in [-0.4, -0.2) is 62.4 Å². The lowest BCUT2D eigenvalue weighted by molar-refractivity contribution is -0.271. The van der Waals surface area contributed by atoms with Gasteiger partial charge in [0.1, 0.15) is 6.29 Å². The number of ether oxygens (including phenoxy) is 2. The van der Waals surface area contributed by atoms with Gasteiger partial charge in [-0.05, 0) is 121 Å². The third kappa shape index (κ3) is 3.52. The Balaban J connectivity index is 1.24. The van der Waals surface area contributed by atoms with Gasteiger partial charge in [-0.3, -0.25) is 4.79 Å². The number of aldehydes is 1. The SMILES string of the molecule is CC(C)(O)[C@@H]1C[C@@H](O)[C@]2(C=O)C(CC[C@@]3(C)C2CCC2Cc4c([nH]c5ccc6c(c45)C[C@@H]4[C@@H](C6=O)C(C)(C)OC4(C)C)[C@@]23C)O1. The number of hydrogen-bond donors (Lipinski definition) is 3. The highest BCUT2D eigenvalue weighted by Gasteiger charge is 2.71. The first-order chi connectivity index (χ1) is 20.9. The number of aliphatic hydroxyl groups is 2. The quantitative estimate of drug-likeness (QED) is 0.366. The van der Waals surface area contributed by atoms with Gasteiger partial charge in [-0.15, -0.1) is 0 Å². The maximum absolute atomic E-state index is 14.2. The molecule has 4 aliphatic carbocycles.